The van der Waals surface area contributed by atoms with E-state index in [4.69, 9.17) is 4.42 Å². The van der Waals surface area contributed by atoms with E-state index in [1.165, 1.54) is 19.1 Å². The summed E-state index contributed by atoms with van der Waals surface area (Å²) in [6.07, 6.45) is 4.82. The number of nitrogens with one attached hydrogen (secondary N) is 3. The minimum atomic E-state index is -0.577. The van der Waals surface area contributed by atoms with E-state index in [1.807, 2.05) is 0 Å². The van der Waals surface area contributed by atoms with Crippen molar-refractivity contribution in [1.82, 2.24) is 16.0 Å². The molecule has 1 aliphatic heterocycles. The third-order valence-electron chi connectivity index (χ3n) is 3.74. The maximum Gasteiger partial charge on any atom is 0.287 e. The molecule has 2 atom stereocenters. The van der Waals surface area contributed by atoms with E-state index in [1.54, 1.807) is 19.1 Å². The van der Waals surface area contributed by atoms with E-state index in [9.17, 15) is 9.59 Å². The van der Waals surface area contributed by atoms with Gasteiger partial charge in [-0.3, -0.25) is 9.59 Å². The van der Waals surface area contributed by atoms with Crippen molar-refractivity contribution in [2.45, 2.75) is 32.2 Å². The Morgan fingerprint density at radius 2 is 2.38 bits per heavy atom. The Morgan fingerprint density at radius 3 is 3.05 bits per heavy atom. The molecule has 2 unspecified atom stereocenters. The highest BCUT2D eigenvalue weighted by molar-refractivity contribution is 5.95. The SMILES string of the molecule is CC(NC(=O)c1ccco1)C(=O)NCCC1CCCNC1. The van der Waals surface area contributed by atoms with Crippen LogP contribution in [-0.4, -0.2) is 37.5 Å². The number of rotatable bonds is 6. The van der Waals surface area contributed by atoms with Crippen LogP contribution in [0.5, 0.6) is 0 Å². The van der Waals surface area contributed by atoms with Crippen LogP contribution in [0.25, 0.3) is 0 Å². The molecule has 1 saturated heterocycles. The van der Waals surface area contributed by atoms with E-state index in [-0.39, 0.29) is 17.6 Å². The summed E-state index contributed by atoms with van der Waals surface area (Å²) in [5.74, 6) is 0.299. The Labute approximate surface area is 124 Å². The fourth-order valence-corrected chi connectivity index (χ4v) is 2.46. The van der Waals surface area contributed by atoms with Crippen molar-refractivity contribution < 1.29 is 14.0 Å². The van der Waals surface area contributed by atoms with E-state index in [2.05, 4.69) is 16.0 Å². The molecular formula is C15H23N3O3. The normalized spacial score (nSPS) is 19.8. The summed E-state index contributed by atoms with van der Waals surface area (Å²) in [5, 5.41) is 8.84. The van der Waals surface area contributed by atoms with Gasteiger partial charge in [0.15, 0.2) is 5.76 Å². The van der Waals surface area contributed by atoms with Crippen LogP contribution >= 0.6 is 0 Å². The molecule has 0 bridgehead atoms. The van der Waals surface area contributed by atoms with Gasteiger partial charge in [-0.05, 0) is 57.3 Å². The second kappa shape index (κ2) is 7.83. The molecular weight excluding hydrogens is 270 g/mol. The second-order valence-corrected chi connectivity index (χ2v) is 5.46. The molecule has 0 aliphatic carbocycles. The van der Waals surface area contributed by atoms with E-state index < -0.39 is 6.04 Å². The molecule has 1 aliphatic rings. The molecule has 6 heteroatoms. The van der Waals surface area contributed by atoms with Crippen LogP contribution in [0, 0.1) is 5.92 Å². The molecule has 0 aromatic carbocycles. The lowest BCUT2D eigenvalue weighted by Gasteiger charge is -2.23. The standard InChI is InChI=1S/C15H23N3O3/c1-11(18-15(20)13-5-3-9-21-13)14(19)17-8-6-12-4-2-7-16-10-12/h3,5,9,11-12,16H,2,4,6-8,10H2,1H3,(H,17,19)(H,18,20). The van der Waals surface area contributed by atoms with Gasteiger partial charge < -0.3 is 20.4 Å². The first-order valence-electron chi connectivity index (χ1n) is 7.49. The molecule has 3 N–H and O–H groups in total. The number of piperidine rings is 1. The Balaban J connectivity index is 1.66. The fourth-order valence-electron chi connectivity index (χ4n) is 2.46. The summed E-state index contributed by atoms with van der Waals surface area (Å²) < 4.78 is 4.99. The van der Waals surface area contributed by atoms with Gasteiger partial charge in [-0.15, -0.1) is 0 Å². The lowest BCUT2D eigenvalue weighted by atomic mass is 9.96. The number of hydrogen-bond donors (Lipinski definition) is 3. The van der Waals surface area contributed by atoms with Gasteiger partial charge in [-0.25, -0.2) is 0 Å². The first kappa shape index (κ1) is 15.6. The van der Waals surface area contributed by atoms with Crippen LogP contribution in [-0.2, 0) is 4.79 Å². The number of hydrogen-bond acceptors (Lipinski definition) is 4. The fraction of sp³-hybridized carbons (Fsp3) is 0.600. The highest BCUT2D eigenvalue weighted by atomic mass is 16.3. The van der Waals surface area contributed by atoms with E-state index in [0.717, 1.165) is 19.5 Å². The highest BCUT2D eigenvalue weighted by Crippen LogP contribution is 2.12. The summed E-state index contributed by atoms with van der Waals surface area (Å²) >= 11 is 0. The average molecular weight is 293 g/mol. The molecule has 1 aromatic rings. The maximum absolute atomic E-state index is 11.9. The molecule has 21 heavy (non-hydrogen) atoms. The smallest absolute Gasteiger partial charge is 0.287 e. The first-order chi connectivity index (χ1) is 10.2. The number of amides is 2. The van der Waals surface area contributed by atoms with Gasteiger partial charge in [0.2, 0.25) is 5.91 Å². The largest absolute Gasteiger partial charge is 0.459 e. The van der Waals surface area contributed by atoms with Gasteiger partial charge >= 0.3 is 0 Å². The van der Waals surface area contributed by atoms with Crippen molar-refractivity contribution in [3.8, 4) is 0 Å². The van der Waals surface area contributed by atoms with Gasteiger partial charge in [-0.1, -0.05) is 0 Å². The first-order valence-corrected chi connectivity index (χ1v) is 7.49. The molecule has 2 amide bonds. The van der Waals surface area contributed by atoms with Crippen molar-refractivity contribution in [3.63, 3.8) is 0 Å². The quantitative estimate of drug-likeness (QED) is 0.728. The Hall–Kier alpha value is -1.82. The van der Waals surface area contributed by atoms with Crippen molar-refractivity contribution in [3.05, 3.63) is 24.2 Å². The molecule has 1 aromatic heterocycles. The van der Waals surface area contributed by atoms with Crippen LogP contribution in [0.4, 0.5) is 0 Å². The Morgan fingerprint density at radius 1 is 1.52 bits per heavy atom. The molecule has 0 saturated carbocycles. The third-order valence-corrected chi connectivity index (χ3v) is 3.74. The number of carbonyl (C=O) groups excluding carboxylic acids is 2. The average Bonchev–Trinajstić information content (AvgIpc) is 3.02. The topological polar surface area (TPSA) is 83.4 Å². The highest BCUT2D eigenvalue weighted by Gasteiger charge is 2.18. The van der Waals surface area contributed by atoms with E-state index in [0.29, 0.717) is 12.5 Å². The molecule has 0 radical (unpaired) electrons. The molecule has 2 heterocycles. The lowest BCUT2D eigenvalue weighted by molar-refractivity contribution is -0.122. The zero-order valence-corrected chi connectivity index (χ0v) is 12.4. The van der Waals surface area contributed by atoms with Crippen molar-refractivity contribution >= 4 is 11.8 Å². The predicted octanol–water partition coefficient (Wildman–Crippen LogP) is 0.904. The predicted molar refractivity (Wildman–Crippen MR) is 78.9 cm³/mol. The van der Waals surface area contributed by atoms with Gasteiger partial charge in [0, 0.05) is 6.54 Å². The summed E-state index contributed by atoms with van der Waals surface area (Å²) in [7, 11) is 0. The summed E-state index contributed by atoms with van der Waals surface area (Å²) in [6, 6.07) is 2.63. The monoisotopic (exact) mass is 293 g/mol. The van der Waals surface area contributed by atoms with Gasteiger partial charge in [-0.2, -0.15) is 0 Å². The summed E-state index contributed by atoms with van der Waals surface area (Å²) in [6.45, 7) is 4.43. The lowest BCUT2D eigenvalue weighted by Crippen LogP contribution is -2.45. The zero-order valence-electron chi connectivity index (χ0n) is 12.4. The summed E-state index contributed by atoms with van der Waals surface area (Å²) in [4.78, 5) is 23.7. The maximum atomic E-state index is 11.9. The summed E-state index contributed by atoms with van der Waals surface area (Å²) in [5.41, 5.74) is 0. The van der Waals surface area contributed by atoms with Crippen LogP contribution in [0.2, 0.25) is 0 Å². The van der Waals surface area contributed by atoms with Crippen LogP contribution < -0.4 is 16.0 Å². The second-order valence-electron chi connectivity index (χ2n) is 5.46. The van der Waals surface area contributed by atoms with E-state index >= 15 is 0 Å². The number of furan rings is 1. The molecule has 6 nitrogen and oxygen atoms in total. The van der Waals surface area contributed by atoms with Crippen LogP contribution in [0.15, 0.2) is 22.8 Å². The van der Waals surface area contributed by atoms with Gasteiger partial charge in [0.1, 0.15) is 6.04 Å². The van der Waals surface area contributed by atoms with Crippen molar-refractivity contribution in [2.24, 2.45) is 5.92 Å². The minimum Gasteiger partial charge on any atom is -0.459 e. The molecule has 1 fully saturated rings. The van der Waals surface area contributed by atoms with Gasteiger partial charge in [0.25, 0.3) is 5.91 Å². The molecule has 116 valence electrons. The van der Waals surface area contributed by atoms with Crippen molar-refractivity contribution in [1.29, 1.82) is 0 Å². The molecule has 0 spiro atoms. The van der Waals surface area contributed by atoms with Crippen LogP contribution in [0.3, 0.4) is 0 Å². The van der Waals surface area contributed by atoms with Crippen LogP contribution in [0.1, 0.15) is 36.7 Å². The zero-order chi connectivity index (χ0) is 15.1. The third kappa shape index (κ3) is 4.90. The molecule has 2 rings (SSSR count). The Kier molecular flexibility index (Phi) is 5.80. The number of carbonyl (C=O) groups is 2. The van der Waals surface area contributed by atoms with Crippen molar-refractivity contribution in [2.75, 3.05) is 19.6 Å². The van der Waals surface area contributed by atoms with Gasteiger partial charge in [0.05, 0.1) is 6.26 Å². The Bertz CT molecular complexity index is 453. The minimum absolute atomic E-state index is 0.168.